The summed E-state index contributed by atoms with van der Waals surface area (Å²) in [5.41, 5.74) is 3.55. The van der Waals surface area contributed by atoms with Crippen molar-refractivity contribution in [1.29, 1.82) is 0 Å². The molecule has 4 rings (SSSR count). The van der Waals surface area contributed by atoms with E-state index in [0.29, 0.717) is 11.5 Å². The second-order valence-electron chi connectivity index (χ2n) is 5.99. The topological polar surface area (TPSA) is 81.7 Å². The predicted octanol–water partition coefficient (Wildman–Crippen LogP) is 3.34. The molecule has 25 heavy (non-hydrogen) atoms. The molecule has 0 spiro atoms. The number of nitrogens with zero attached hydrogens (tertiary/aromatic N) is 5. The maximum atomic E-state index is 5.19. The van der Waals surface area contributed by atoms with E-state index in [0.717, 1.165) is 23.2 Å². The lowest BCUT2D eigenvalue weighted by atomic mass is 10.2. The van der Waals surface area contributed by atoms with Crippen LogP contribution in [0.15, 0.2) is 53.6 Å². The lowest BCUT2D eigenvalue weighted by Gasteiger charge is -2.13. The summed E-state index contributed by atoms with van der Waals surface area (Å²) in [5.74, 6) is 0.715. The van der Waals surface area contributed by atoms with Crippen LogP contribution in [0.25, 0.3) is 11.1 Å². The molecule has 126 valence electrons. The van der Waals surface area contributed by atoms with Crippen molar-refractivity contribution < 1.29 is 4.52 Å². The average molecular weight is 334 g/mol. The number of benzene rings is 1. The van der Waals surface area contributed by atoms with Crippen molar-refractivity contribution in [2.45, 2.75) is 26.4 Å². The maximum Gasteiger partial charge on any atom is 0.263 e. The molecule has 4 aromatic rings. The van der Waals surface area contributed by atoms with E-state index in [1.54, 1.807) is 0 Å². The van der Waals surface area contributed by atoms with Gasteiger partial charge in [0, 0.05) is 11.8 Å². The zero-order chi connectivity index (χ0) is 17.2. The Morgan fingerprint density at radius 2 is 2.04 bits per heavy atom. The summed E-state index contributed by atoms with van der Waals surface area (Å²) in [5, 5.41) is 12.6. The number of aromatic nitrogens is 5. The van der Waals surface area contributed by atoms with Gasteiger partial charge >= 0.3 is 0 Å². The summed E-state index contributed by atoms with van der Waals surface area (Å²) >= 11 is 0. The molecule has 1 aromatic carbocycles. The molecule has 1 atom stereocenters. The monoisotopic (exact) mass is 334 g/mol. The van der Waals surface area contributed by atoms with Gasteiger partial charge in [-0.2, -0.15) is 10.1 Å². The van der Waals surface area contributed by atoms with E-state index in [2.05, 4.69) is 44.6 Å². The second-order valence-corrected chi connectivity index (χ2v) is 5.99. The van der Waals surface area contributed by atoms with Crippen LogP contribution in [0.1, 0.15) is 29.8 Å². The fourth-order valence-electron chi connectivity index (χ4n) is 2.78. The lowest BCUT2D eigenvalue weighted by Crippen LogP contribution is -2.08. The number of nitrogens with one attached hydrogen (secondary N) is 1. The van der Waals surface area contributed by atoms with Crippen molar-refractivity contribution in [2.75, 3.05) is 5.32 Å². The van der Waals surface area contributed by atoms with Gasteiger partial charge < -0.3 is 9.84 Å². The first-order valence-corrected chi connectivity index (χ1v) is 8.10. The average Bonchev–Trinajstić information content (AvgIpc) is 3.24. The third-order valence-electron chi connectivity index (χ3n) is 4.14. The SMILES string of the molecule is Cc1noc2ncnc(N[C@H](C)c3cnn(Cc4ccccc4)c3)c12. The zero-order valence-electron chi connectivity index (χ0n) is 14.0. The molecule has 0 aliphatic heterocycles. The molecule has 0 saturated heterocycles. The Kier molecular flexibility index (Phi) is 3.89. The first kappa shape index (κ1) is 15.3. The van der Waals surface area contributed by atoms with E-state index in [9.17, 15) is 0 Å². The van der Waals surface area contributed by atoms with Gasteiger partial charge in [-0.25, -0.2) is 4.98 Å². The van der Waals surface area contributed by atoms with Crippen molar-refractivity contribution in [3.05, 3.63) is 65.9 Å². The molecule has 7 nitrogen and oxygen atoms in total. The first-order valence-electron chi connectivity index (χ1n) is 8.10. The van der Waals surface area contributed by atoms with Crippen LogP contribution in [-0.4, -0.2) is 24.9 Å². The Morgan fingerprint density at radius 3 is 2.88 bits per heavy atom. The van der Waals surface area contributed by atoms with E-state index >= 15 is 0 Å². The number of anilines is 1. The number of hydrogen-bond donors (Lipinski definition) is 1. The van der Waals surface area contributed by atoms with Gasteiger partial charge in [-0.05, 0) is 19.4 Å². The number of rotatable bonds is 5. The van der Waals surface area contributed by atoms with E-state index < -0.39 is 0 Å². The number of fused-ring (bicyclic) bond motifs is 1. The third kappa shape index (κ3) is 3.08. The molecule has 0 aliphatic carbocycles. The Labute approximate surface area is 144 Å². The van der Waals surface area contributed by atoms with Crippen molar-refractivity contribution in [2.24, 2.45) is 0 Å². The molecular formula is C18H18N6O. The summed E-state index contributed by atoms with van der Waals surface area (Å²) in [7, 11) is 0. The summed E-state index contributed by atoms with van der Waals surface area (Å²) in [6.45, 7) is 4.69. The minimum absolute atomic E-state index is 0.0388. The van der Waals surface area contributed by atoms with Crippen LogP contribution < -0.4 is 5.32 Å². The van der Waals surface area contributed by atoms with Crippen molar-refractivity contribution in [1.82, 2.24) is 24.9 Å². The highest BCUT2D eigenvalue weighted by molar-refractivity contribution is 5.87. The minimum Gasteiger partial charge on any atom is -0.363 e. The minimum atomic E-state index is 0.0388. The first-order chi connectivity index (χ1) is 12.2. The molecule has 0 radical (unpaired) electrons. The number of hydrogen-bond acceptors (Lipinski definition) is 6. The molecule has 0 bridgehead atoms. The van der Waals surface area contributed by atoms with E-state index in [-0.39, 0.29) is 6.04 Å². The standard InChI is InChI=1S/C18H18N6O/c1-12(22-17-16-13(2)23-25-18(16)20-11-19-17)15-8-21-24(10-15)9-14-6-4-3-5-7-14/h3-8,10-12H,9H2,1-2H3,(H,19,20,22)/t12-/m1/s1. The predicted molar refractivity (Wildman–Crippen MR) is 94.1 cm³/mol. The Bertz CT molecular complexity index is 991. The van der Waals surface area contributed by atoms with Gasteiger partial charge in [0.05, 0.1) is 24.5 Å². The third-order valence-corrected chi connectivity index (χ3v) is 4.14. The fourth-order valence-corrected chi connectivity index (χ4v) is 2.78. The van der Waals surface area contributed by atoms with Crippen LogP contribution in [-0.2, 0) is 6.54 Å². The molecule has 7 heteroatoms. The van der Waals surface area contributed by atoms with Crippen LogP contribution >= 0.6 is 0 Å². The van der Waals surface area contributed by atoms with Crippen molar-refractivity contribution in [3.8, 4) is 0 Å². The van der Waals surface area contributed by atoms with E-state index in [4.69, 9.17) is 4.52 Å². The Balaban J connectivity index is 1.53. The summed E-state index contributed by atoms with van der Waals surface area (Å²) in [4.78, 5) is 8.43. The highest BCUT2D eigenvalue weighted by atomic mass is 16.5. The van der Waals surface area contributed by atoms with Gasteiger partial charge in [-0.15, -0.1) is 0 Å². The van der Waals surface area contributed by atoms with Crippen LogP contribution in [0.4, 0.5) is 5.82 Å². The van der Waals surface area contributed by atoms with Crippen molar-refractivity contribution >= 4 is 16.9 Å². The van der Waals surface area contributed by atoms with Gasteiger partial charge in [-0.3, -0.25) is 4.68 Å². The molecule has 3 aromatic heterocycles. The summed E-state index contributed by atoms with van der Waals surface area (Å²) in [6, 6.07) is 10.3. The van der Waals surface area contributed by atoms with Crippen LogP contribution in [0.2, 0.25) is 0 Å². The second kappa shape index (κ2) is 6.35. The summed E-state index contributed by atoms with van der Waals surface area (Å²) < 4.78 is 7.12. The van der Waals surface area contributed by atoms with Crippen LogP contribution in [0.3, 0.4) is 0 Å². The fraction of sp³-hybridized carbons (Fsp3) is 0.222. The smallest absolute Gasteiger partial charge is 0.263 e. The molecule has 3 heterocycles. The van der Waals surface area contributed by atoms with Gasteiger partial charge in [0.1, 0.15) is 17.5 Å². The summed E-state index contributed by atoms with van der Waals surface area (Å²) in [6.07, 6.45) is 5.39. The number of aryl methyl sites for hydroxylation is 1. The molecule has 1 N–H and O–H groups in total. The zero-order valence-corrected chi connectivity index (χ0v) is 14.0. The van der Waals surface area contributed by atoms with Gasteiger partial charge in [-0.1, -0.05) is 35.5 Å². The van der Waals surface area contributed by atoms with Crippen LogP contribution in [0.5, 0.6) is 0 Å². The van der Waals surface area contributed by atoms with Gasteiger partial charge in [0.15, 0.2) is 0 Å². The van der Waals surface area contributed by atoms with E-state index in [1.807, 2.05) is 42.2 Å². The highest BCUT2D eigenvalue weighted by Crippen LogP contribution is 2.26. The van der Waals surface area contributed by atoms with Gasteiger partial charge in [0.2, 0.25) is 0 Å². The van der Waals surface area contributed by atoms with Crippen LogP contribution in [0, 0.1) is 6.92 Å². The quantitative estimate of drug-likeness (QED) is 0.603. The molecule has 0 unspecified atom stereocenters. The molecule has 0 fully saturated rings. The van der Waals surface area contributed by atoms with Gasteiger partial charge in [0.25, 0.3) is 5.71 Å². The Morgan fingerprint density at radius 1 is 1.20 bits per heavy atom. The largest absolute Gasteiger partial charge is 0.363 e. The lowest BCUT2D eigenvalue weighted by molar-refractivity contribution is 0.442. The maximum absolute atomic E-state index is 5.19. The van der Waals surface area contributed by atoms with Crippen molar-refractivity contribution in [3.63, 3.8) is 0 Å². The molecule has 0 saturated carbocycles. The highest BCUT2D eigenvalue weighted by Gasteiger charge is 2.15. The normalized spacial score (nSPS) is 12.4. The molecule has 0 amide bonds. The van der Waals surface area contributed by atoms with E-state index in [1.165, 1.54) is 11.9 Å². The molecule has 0 aliphatic rings. The molecular weight excluding hydrogens is 316 g/mol. The Hall–Kier alpha value is -3.22.